The first-order chi connectivity index (χ1) is 7.77. The van der Waals surface area contributed by atoms with Crippen LogP contribution in [0.5, 0.6) is 0 Å². The summed E-state index contributed by atoms with van der Waals surface area (Å²) in [5, 5.41) is 0. The van der Waals surface area contributed by atoms with Gasteiger partial charge < -0.3 is 20.1 Å². The first-order valence-corrected chi connectivity index (χ1v) is 5.22. The van der Waals surface area contributed by atoms with Gasteiger partial charge in [-0.3, -0.25) is 0 Å². The number of nitrogen functional groups attached to an aromatic ring is 1. The quantitative estimate of drug-likeness (QED) is 0.742. The Labute approximate surface area is 96.2 Å². The summed E-state index contributed by atoms with van der Waals surface area (Å²) in [7, 11) is 3.38. The topological polar surface area (TPSA) is 60.6 Å². The molecule has 1 aromatic heterocycles. The van der Waals surface area contributed by atoms with Crippen LogP contribution in [0.4, 0.5) is 11.5 Å². The Kier molecular flexibility index (Phi) is 5.60. The Hall–Kier alpha value is -1.33. The van der Waals surface area contributed by atoms with Crippen LogP contribution in [0, 0.1) is 0 Å². The fourth-order valence-electron chi connectivity index (χ4n) is 1.36. The Balaban J connectivity index is 2.62. The minimum Gasteiger partial charge on any atom is -0.384 e. The molecule has 0 fully saturated rings. The third-order valence-electron chi connectivity index (χ3n) is 2.27. The smallest absolute Gasteiger partial charge is 0.123 e. The third kappa shape index (κ3) is 4.04. The molecule has 0 aliphatic rings. The molecule has 5 heteroatoms. The van der Waals surface area contributed by atoms with Crippen molar-refractivity contribution in [2.24, 2.45) is 0 Å². The summed E-state index contributed by atoms with van der Waals surface area (Å²) in [6.07, 6.45) is 1.76. The van der Waals surface area contributed by atoms with Crippen LogP contribution >= 0.6 is 0 Å². The van der Waals surface area contributed by atoms with Gasteiger partial charge >= 0.3 is 0 Å². The fourth-order valence-corrected chi connectivity index (χ4v) is 1.36. The van der Waals surface area contributed by atoms with Gasteiger partial charge in [0.15, 0.2) is 0 Å². The van der Waals surface area contributed by atoms with Gasteiger partial charge in [-0.05, 0) is 12.1 Å². The van der Waals surface area contributed by atoms with E-state index in [4.69, 9.17) is 15.2 Å². The van der Waals surface area contributed by atoms with Gasteiger partial charge in [-0.1, -0.05) is 0 Å². The summed E-state index contributed by atoms with van der Waals surface area (Å²) in [4.78, 5) is 6.22. The van der Waals surface area contributed by atoms with Crippen LogP contribution in [-0.4, -0.2) is 45.5 Å². The molecule has 0 atom stereocenters. The zero-order valence-corrected chi connectivity index (χ0v) is 9.85. The first-order valence-electron chi connectivity index (χ1n) is 5.22. The number of anilines is 2. The first kappa shape index (κ1) is 12.7. The maximum Gasteiger partial charge on any atom is 0.123 e. The van der Waals surface area contributed by atoms with Crippen LogP contribution in [-0.2, 0) is 9.47 Å². The Morgan fingerprint density at radius 2 is 1.81 bits per heavy atom. The normalized spacial score (nSPS) is 10.4. The van der Waals surface area contributed by atoms with E-state index in [-0.39, 0.29) is 0 Å². The number of nitrogens with two attached hydrogens (primary N) is 1. The largest absolute Gasteiger partial charge is 0.384 e. The highest BCUT2D eigenvalue weighted by molar-refractivity contribution is 5.47. The predicted octanol–water partition coefficient (Wildman–Crippen LogP) is 0.763. The lowest BCUT2D eigenvalue weighted by Crippen LogP contribution is -2.30. The zero-order chi connectivity index (χ0) is 11.8. The van der Waals surface area contributed by atoms with Crippen LogP contribution in [0.3, 0.4) is 0 Å². The number of pyridine rings is 1. The van der Waals surface area contributed by atoms with Crippen LogP contribution in [0.2, 0.25) is 0 Å². The van der Waals surface area contributed by atoms with Gasteiger partial charge in [-0.25, -0.2) is 4.98 Å². The number of hydrogen-bond acceptors (Lipinski definition) is 5. The van der Waals surface area contributed by atoms with Gasteiger partial charge in [-0.15, -0.1) is 0 Å². The van der Waals surface area contributed by atoms with E-state index in [2.05, 4.69) is 9.88 Å². The molecule has 0 radical (unpaired) electrons. The van der Waals surface area contributed by atoms with Crippen molar-refractivity contribution >= 4 is 11.5 Å². The molecule has 0 aliphatic carbocycles. The molecule has 0 aromatic carbocycles. The second kappa shape index (κ2) is 7.03. The Morgan fingerprint density at radius 3 is 2.25 bits per heavy atom. The highest BCUT2D eigenvalue weighted by Crippen LogP contribution is 2.13. The molecular formula is C11H19N3O2. The summed E-state index contributed by atoms with van der Waals surface area (Å²) in [6, 6.07) is 3.75. The summed E-state index contributed by atoms with van der Waals surface area (Å²) < 4.78 is 10.1. The van der Waals surface area contributed by atoms with Crippen LogP contribution in [0.25, 0.3) is 0 Å². The molecule has 0 saturated carbocycles. The van der Waals surface area contributed by atoms with E-state index in [0.717, 1.165) is 18.8 Å². The minimum absolute atomic E-state index is 0.530. The molecule has 0 bridgehead atoms. The van der Waals surface area contributed by atoms with Crippen molar-refractivity contribution in [2.45, 2.75) is 0 Å². The molecule has 5 nitrogen and oxygen atoms in total. The van der Waals surface area contributed by atoms with Crippen molar-refractivity contribution < 1.29 is 9.47 Å². The molecule has 0 aliphatic heterocycles. The van der Waals surface area contributed by atoms with E-state index >= 15 is 0 Å². The highest BCUT2D eigenvalue weighted by atomic mass is 16.5. The number of nitrogens with zero attached hydrogens (tertiary/aromatic N) is 2. The molecule has 90 valence electrons. The molecule has 0 spiro atoms. The maximum absolute atomic E-state index is 5.55. The predicted molar refractivity (Wildman–Crippen MR) is 64.6 cm³/mol. The number of aromatic nitrogens is 1. The number of ether oxygens (including phenoxy) is 2. The minimum atomic E-state index is 0.530. The average molecular weight is 225 g/mol. The van der Waals surface area contributed by atoms with E-state index in [1.807, 2.05) is 6.07 Å². The van der Waals surface area contributed by atoms with E-state index < -0.39 is 0 Å². The van der Waals surface area contributed by atoms with E-state index in [1.165, 1.54) is 0 Å². The molecule has 0 amide bonds. The summed E-state index contributed by atoms with van der Waals surface area (Å²) in [5.74, 6) is 0.530. The van der Waals surface area contributed by atoms with Crippen molar-refractivity contribution in [3.05, 3.63) is 18.3 Å². The van der Waals surface area contributed by atoms with E-state index in [1.54, 1.807) is 26.5 Å². The van der Waals surface area contributed by atoms with Crippen LogP contribution in [0.1, 0.15) is 0 Å². The molecule has 1 rings (SSSR count). The Morgan fingerprint density at radius 1 is 1.19 bits per heavy atom. The molecule has 2 N–H and O–H groups in total. The van der Waals surface area contributed by atoms with Crippen molar-refractivity contribution in [3.63, 3.8) is 0 Å². The summed E-state index contributed by atoms with van der Waals surface area (Å²) in [5.41, 5.74) is 6.58. The van der Waals surface area contributed by atoms with E-state index in [9.17, 15) is 0 Å². The lowest BCUT2D eigenvalue weighted by atomic mass is 10.3. The molecule has 1 aromatic rings. The second-order valence-electron chi connectivity index (χ2n) is 3.41. The van der Waals surface area contributed by atoms with Gasteiger partial charge in [0.2, 0.25) is 0 Å². The molecule has 1 heterocycles. The van der Waals surface area contributed by atoms with Crippen LogP contribution in [0.15, 0.2) is 18.3 Å². The van der Waals surface area contributed by atoms with E-state index in [0.29, 0.717) is 19.0 Å². The lowest BCUT2D eigenvalue weighted by Gasteiger charge is -2.23. The Bertz CT molecular complexity index is 282. The number of methoxy groups -OCH3 is 2. The fraction of sp³-hybridized carbons (Fsp3) is 0.545. The maximum atomic E-state index is 5.55. The van der Waals surface area contributed by atoms with Gasteiger partial charge in [-0.2, -0.15) is 0 Å². The monoisotopic (exact) mass is 225 g/mol. The molecular weight excluding hydrogens is 206 g/mol. The number of rotatable bonds is 7. The number of hydrogen-bond donors (Lipinski definition) is 1. The van der Waals surface area contributed by atoms with Crippen molar-refractivity contribution in [3.8, 4) is 0 Å². The average Bonchev–Trinajstić information content (AvgIpc) is 2.31. The van der Waals surface area contributed by atoms with Gasteiger partial charge in [0, 0.05) is 27.3 Å². The summed E-state index contributed by atoms with van der Waals surface area (Å²) in [6.45, 7) is 2.97. The van der Waals surface area contributed by atoms with Crippen molar-refractivity contribution in [1.82, 2.24) is 4.98 Å². The van der Waals surface area contributed by atoms with Gasteiger partial charge in [0.05, 0.1) is 25.1 Å². The highest BCUT2D eigenvalue weighted by Gasteiger charge is 2.05. The van der Waals surface area contributed by atoms with Gasteiger partial charge in [0.1, 0.15) is 5.82 Å². The lowest BCUT2D eigenvalue weighted by molar-refractivity contribution is 0.190. The molecule has 0 saturated heterocycles. The van der Waals surface area contributed by atoms with Gasteiger partial charge in [0.25, 0.3) is 0 Å². The molecule has 0 unspecified atom stereocenters. The second-order valence-corrected chi connectivity index (χ2v) is 3.41. The zero-order valence-electron chi connectivity index (χ0n) is 9.85. The van der Waals surface area contributed by atoms with Crippen molar-refractivity contribution in [1.29, 1.82) is 0 Å². The van der Waals surface area contributed by atoms with Crippen molar-refractivity contribution in [2.75, 3.05) is 51.2 Å². The third-order valence-corrected chi connectivity index (χ3v) is 2.27. The SMILES string of the molecule is COCCN(CCOC)c1ccc(N)nc1. The summed E-state index contributed by atoms with van der Waals surface area (Å²) >= 11 is 0. The molecule has 16 heavy (non-hydrogen) atoms. The standard InChI is InChI=1S/C11H19N3O2/c1-15-7-5-14(6-8-16-2)10-3-4-11(12)13-9-10/h3-4,9H,5-8H2,1-2H3,(H2,12,13). The van der Waals surface area contributed by atoms with Crippen LogP contribution < -0.4 is 10.6 Å².